The lowest BCUT2D eigenvalue weighted by Gasteiger charge is -2.16. The van der Waals surface area contributed by atoms with E-state index in [1.54, 1.807) is 14.2 Å². The topological polar surface area (TPSA) is 80.3 Å². The van der Waals surface area contributed by atoms with Crippen molar-refractivity contribution in [3.8, 4) is 11.5 Å². The second-order valence-corrected chi connectivity index (χ2v) is 11.8. The number of ether oxygens (including phenoxy) is 5. The van der Waals surface area contributed by atoms with Crippen molar-refractivity contribution in [3.63, 3.8) is 0 Å². The Bertz CT molecular complexity index is 1830. The molecular formula is C40H39BrO7. The van der Waals surface area contributed by atoms with Crippen LogP contribution in [-0.2, 0) is 23.8 Å². The molecule has 4 aromatic carbocycles. The van der Waals surface area contributed by atoms with E-state index in [0.29, 0.717) is 31.0 Å². The summed E-state index contributed by atoms with van der Waals surface area (Å²) in [7, 11) is 3.27. The van der Waals surface area contributed by atoms with E-state index >= 15 is 0 Å². The lowest BCUT2D eigenvalue weighted by Crippen LogP contribution is -2.15. The molecule has 2 aliphatic rings. The second kappa shape index (κ2) is 16.0. The molecule has 6 rings (SSSR count). The molecule has 0 amide bonds. The first kappa shape index (κ1) is 34.7. The minimum Gasteiger partial charge on any atom is -0.497 e. The highest BCUT2D eigenvalue weighted by Crippen LogP contribution is 2.50. The molecule has 0 N–H and O–H groups in total. The molecule has 2 unspecified atom stereocenters. The van der Waals surface area contributed by atoms with E-state index in [1.165, 1.54) is 0 Å². The fraction of sp³-hybridized carbons (Fsp3) is 0.250. The van der Waals surface area contributed by atoms with Gasteiger partial charge in [-0.2, -0.15) is 0 Å². The molecule has 4 aromatic rings. The number of hydrogen-bond donors (Lipinski definition) is 0. The van der Waals surface area contributed by atoms with Gasteiger partial charge in [0.15, 0.2) is 0 Å². The molecule has 2 atom stereocenters. The average Bonchev–Trinajstić information content (AvgIpc) is 3.60. The van der Waals surface area contributed by atoms with Gasteiger partial charge in [0.1, 0.15) is 17.6 Å². The highest BCUT2D eigenvalue weighted by atomic mass is 79.9. The largest absolute Gasteiger partial charge is 0.497 e. The predicted molar refractivity (Wildman–Crippen MR) is 190 cm³/mol. The lowest BCUT2D eigenvalue weighted by atomic mass is 9.97. The average molecular weight is 712 g/mol. The Hall–Kier alpha value is -4.66. The van der Waals surface area contributed by atoms with Crippen LogP contribution >= 0.6 is 15.9 Å². The van der Waals surface area contributed by atoms with Crippen LogP contribution in [0.15, 0.2) is 108 Å². The summed E-state index contributed by atoms with van der Waals surface area (Å²) < 4.78 is 27.2. The van der Waals surface area contributed by atoms with Gasteiger partial charge in [-0.05, 0) is 78.4 Å². The Morgan fingerprint density at radius 1 is 0.604 bits per heavy atom. The zero-order valence-corrected chi connectivity index (χ0v) is 29.3. The van der Waals surface area contributed by atoms with Crippen molar-refractivity contribution in [1.29, 1.82) is 0 Å². The number of carbonyl (C=O) groups excluding carboxylic acids is 2. The van der Waals surface area contributed by atoms with Gasteiger partial charge in [0.2, 0.25) is 0 Å². The van der Waals surface area contributed by atoms with Gasteiger partial charge in [-0.15, -0.1) is 0 Å². The Kier molecular flexibility index (Phi) is 11.5. The van der Waals surface area contributed by atoms with Crippen LogP contribution in [0.3, 0.4) is 0 Å². The van der Waals surface area contributed by atoms with Gasteiger partial charge in [0, 0.05) is 17.8 Å². The van der Waals surface area contributed by atoms with Crippen molar-refractivity contribution in [2.45, 2.75) is 31.7 Å². The maximum Gasteiger partial charge on any atom is 0.337 e. The van der Waals surface area contributed by atoms with Crippen LogP contribution < -0.4 is 9.47 Å². The summed E-state index contributed by atoms with van der Waals surface area (Å²) in [6.45, 7) is 6.71. The molecule has 0 aliphatic heterocycles. The molecule has 0 spiro atoms. The number of rotatable bonds is 10. The molecule has 0 radical (unpaired) electrons. The maximum atomic E-state index is 12.7. The van der Waals surface area contributed by atoms with Crippen LogP contribution in [0.2, 0.25) is 0 Å². The summed E-state index contributed by atoms with van der Waals surface area (Å²) in [6.07, 6.45) is -0.454. The highest BCUT2D eigenvalue weighted by Gasteiger charge is 2.38. The summed E-state index contributed by atoms with van der Waals surface area (Å²) >= 11 is 3.66. The van der Waals surface area contributed by atoms with Gasteiger partial charge in [-0.1, -0.05) is 88.7 Å². The van der Waals surface area contributed by atoms with Crippen molar-refractivity contribution in [3.05, 3.63) is 142 Å². The van der Waals surface area contributed by atoms with E-state index < -0.39 is 6.10 Å². The number of alkyl halides is 1. The maximum absolute atomic E-state index is 12.7. The molecular weight excluding hydrogens is 672 g/mol. The number of halogens is 1. The minimum absolute atomic E-state index is 0.207. The van der Waals surface area contributed by atoms with Crippen molar-refractivity contribution in [2.75, 3.05) is 34.0 Å². The lowest BCUT2D eigenvalue weighted by molar-refractivity contribution is -0.140. The number of carbonyl (C=O) groups is 2. The van der Waals surface area contributed by atoms with Crippen molar-refractivity contribution in [1.82, 2.24) is 0 Å². The highest BCUT2D eigenvalue weighted by molar-refractivity contribution is 9.09. The molecule has 2 aliphatic carbocycles. The molecule has 48 heavy (non-hydrogen) atoms. The second-order valence-electron chi connectivity index (χ2n) is 10.9. The quantitative estimate of drug-likeness (QED) is 0.120. The van der Waals surface area contributed by atoms with E-state index in [1.807, 2.05) is 118 Å². The van der Waals surface area contributed by atoms with Gasteiger partial charge in [-0.25, -0.2) is 9.59 Å². The third-order valence-electron chi connectivity index (χ3n) is 8.11. The van der Waals surface area contributed by atoms with Crippen LogP contribution in [-0.4, -0.2) is 46.0 Å². The molecule has 0 bridgehead atoms. The van der Waals surface area contributed by atoms with E-state index in [0.717, 1.165) is 56.0 Å². The molecule has 0 aromatic heterocycles. The zero-order chi connectivity index (χ0) is 34.2. The normalized spacial score (nSPS) is 16.0. The first-order valence-electron chi connectivity index (χ1n) is 15.9. The van der Waals surface area contributed by atoms with Crippen LogP contribution in [0.1, 0.15) is 65.1 Å². The standard InChI is InChI=1S/C21H22O4.C19H17BrO3/c1-4-24-20-17-13-15(23-3)11-12-16(17)18(14-9-7-6-8-10-14)19(20)21(22)25-5-2;1-3-23-19(21)17-16(12-7-5-4-6-8-12)14-10-9-13(22-2)11-15(14)18(17)20/h6-13,20H,4-5H2,1-3H3;4-11,18H,3H2,1-2H3. The van der Waals surface area contributed by atoms with Gasteiger partial charge in [0.25, 0.3) is 0 Å². The number of methoxy groups -OCH3 is 2. The Balaban J connectivity index is 0.000000188. The minimum atomic E-state index is -0.454. The summed E-state index contributed by atoms with van der Waals surface area (Å²) in [5.41, 5.74) is 8.92. The van der Waals surface area contributed by atoms with E-state index in [-0.39, 0.29) is 16.8 Å². The molecule has 7 nitrogen and oxygen atoms in total. The van der Waals surface area contributed by atoms with Crippen LogP contribution in [0.4, 0.5) is 0 Å². The molecule has 0 saturated carbocycles. The van der Waals surface area contributed by atoms with Crippen molar-refractivity contribution in [2.24, 2.45) is 0 Å². The van der Waals surface area contributed by atoms with Gasteiger partial charge in [-0.3, -0.25) is 0 Å². The van der Waals surface area contributed by atoms with Crippen molar-refractivity contribution >= 4 is 39.0 Å². The van der Waals surface area contributed by atoms with E-state index in [4.69, 9.17) is 23.7 Å². The summed E-state index contributed by atoms with van der Waals surface area (Å²) in [5, 5.41) is 0. The number of esters is 2. The first-order chi connectivity index (χ1) is 23.4. The zero-order valence-electron chi connectivity index (χ0n) is 27.7. The van der Waals surface area contributed by atoms with Crippen LogP contribution in [0, 0.1) is 0 Å². The van der Waals surface area contributed by atoms with Gasteiger partial charge >= 0.3 is 11.9 Å². The number of hydrogen-bond acceptors (Lipinski definition) is 7. The summed E-state index contributed by atoms with van der Waals surface area (Å²) in [6, 6.07) is 31.5. The smallest absolute Gasteiger partial charge is 0.337 e. The van der Waals surface area contributed by atoms with Crippen LogP contribution in [0.25, 0.3) is 11.1 Å². The fourth-order valence-electron chi connectivity index (χ4n) is 6.08. The van der Waals surface area contributed by atoms with E-state index in [2.05, 4.69) is 15.9 Å². The number of benzene rings is 4. The fourth-order valence-corrected chi connectivity index (χ4v) is 6.87. The summed E-state index contributed by atoms with van der Waals surface area (Å²) in [5.74, 6) is 0.880. The Morgan fingerprint density at radius 2 is 1.06 bits per heavy atom. The SMILES string of the molecule is CCOC(=O)C1=C(c2ccccc2)c2ccc(OC)cc2C1Br.CCOC(=O)C1=C(c2ccccc2)c2ccc(OC)cc2C1OCC. The van der Waals surface area contributed by atoms with Gasteiger partial charge in [0.05, 0.1) is 43.4 Å². The molecule has 0 heterocycles. The molecule has 248 valence electrons. The Morgan fingerprint density at radius 3 is 1.54 bits per heavy atom. The summed E-state index contributed by atoms with van der Waals surface area (Å²) in [4.78, 5) is 25.1. The molecule has 0 fully saturated rings. The first-order valence-corrected chi connectivity index (χ1v) is 16.9. The molecule has 0 saturated heterocycles. The van der Waals surface area contributed by atoms with Crippen LogP contribution in [0.5, 0.6) is 11.5 Å². The van der Waals surface area contributed by atoms with Gasteiger partial charge < -0.3 is 23.7 Å². The van der Waals surface area contributed by atoms with E-state index in [9.17, 15) is 9.59 Å². The molecule has 8 heteroatoms. The third kappa shape index (κ3) is 6.96. The monoisotopic (exact) mass is 710 g/mol. The third-order valence-corrected chi connectivity index (χ3v) is 9.07. The predicted octanol–water partition coefficient (Wildman–Crippen LogP) is 8.66. The Labute approximate surface area is 290 Å². The number of fused-ring (bicyclic) bond motifs is 2. The van der Waals surface area contributed by atoms with Crippen molar-refractivity contribution < 1.29 is 33.3 Å².